The van der Waals surface area contributed by atoms with E-state index in [-0.39, 0.29) is 59.7 Å². The van der Waals surface area contributed by atoms with Crippen LogP contribution in [0.5, 0.6) is 0 Å². The maximum Gasteiger partial charge on any atom is 0.356 e. The fourth-order valence-corrected chi connectivity index (χ4v) is 8.92. The second kappa shape index (κ2) is 13.1. The molecular formula is C30H41N2O9PS. The Kier molecular flexibility index (Phi) is 9.80. The number of aliphatic hydroxyl groups excluding tert-OH is 1. The van der Waals surface area contributed by atoms with Crippen molar-refractivity contribution < 1.29 is 42.1 Å². The molecule has 1 amide bonds. The molecule has 4 N–H and O–H groups in total. The molecule has 2 bridgehead atoms. The van der Waals surface area contributed by atoms with Crippen molar-refractivity contribution in [1.29, 1.82) is 0 Å². The summed E-state index contributed by atoms with van der Waals surface area (Å²) in [6.07, 6.45) is 0.152. The van der Waals surface area contributed by atoms with E-state index in [1.54, 1.807) is 0 Å². The van der Waals surface area contributed by atoms with Crippen molar-refractivity contribution in [1.82, 2.24) is 9.62 Å². The van der Waals surface area contributed by atoms with Crippen LogP contribution in [-0.4, -0.2) is 78.3 Å². The standard InChI is InChI=1S/C30H41N2O9PS/c1-19(2)15-32(43(38,39)23-10-8-22(9-11-23)42(35,36)37)16-28(33)27(12-20-6-4-3-5-7-20)31-29(34)14-24-21-13-25-26(24)18-41-30(25)40-17-21/h3-11,19,21,24-28,30,33H,12-18H2,1-2H3,(H,31,34)(H2,35,36,37)/t21?,24-,25?,26-,27?,28?,30-/m0/s1. The molecule has 4 unspecified atom stereocenters. The van der Waals surface area contributed by atoms with Crippen LogP contribution >= 0.6 is 7.60 Å². The first-order valence-corrected chi connectivity index (χ1v) is 17.8. The van der Waals surface area contributed by atoms with Gasteiger partial charge in [0, 0.05) is 25.4 Å². The first-order chi connectivity index (χ1) is 20.3. The Balaban J connectivity index is 1.34. The van der Waals surface area contributed by atoms with Gasteiger partial charge in [0.25, 0.3) is 0 Å². The van der Waals surface area contributed by atoms with Crippen molar-refractivity contribution in [3.05, 3.63) is 60.2 Å². The first kappa shape index (κ1) is 32.2. The quantitative estimate of drug-likeness (QED) is 0.241. The molecule has 2 saturated heterocycles. The van der Waals surface area contributed by atoms with Gasteiger partial charge >= 0.3 is 7.60 Å². The van der Waals surface area contributed by atoms with Crippen LogP contribution in [0.15, 0.2) is 59.5 Å². The first-order valence-electron chi connectivity index (χ1n) is 14.7. The maximum absolute atomic E-state index is 13.7. The number of amides is 1. The van der Waals surface area contributed by atoms with E-state index in [2.05, 4.69) is 5.32 Å². The smallest absolute Gasteiger partial charge is 0.356 e. The van der Waals surface area contributed by atoms with E-state index in [0.29, 0.717) is 31.5 Å². The lowest BCUT2D eigenvalue weighted by atomic mass is 9.86. The van der Waals surface area contributed by atoms with E-state index in [9.17, 15) is 32.7 Å². The zero-order valence-corrected chi connectivity index (χ0v) is 26.1. The normalized spacial score (nSPS) is 26.5. The van der Waals surface area contributed by atoms with Crippen molar-refractivity contribution in [3.8, 4) is 0 Å². The second-order valence-corrected chi connectivity index (χ2v) is 16.0. The van der Waals surface area contributed by atoms with Crippen LogP contribution in [0.2, 0.25) is 0 Å². The Bertz CT molecular complexity index is 1420. The van der Waals surface area contributed by atoms with Crippen LogP contribution in [0.25, 0.3) is 0 Å². The van der Waals surface area contributed by atoms with Crippen molar-refractivity contribution in [2.24, 2.45) is 29.6 Å². The third-order valence-electron chi connectivity index (χ3n) is 8.86. The van der Waals surface area contributed by atoms with E-state index in [4.69, 9.17) is 9.47 Å². The van der Waals surface area contributed by atoms with Crippen LogP contribution in [0.3, 0.4) is 0 Å². The van der Waals surface area contributed by atoms with Crippen molar-refractivity contribution in [2.45, 2.75) is 56.4 Å². The number of hydrogen-bond donors (Lipinski definition) is 4. The van der Waals surface area contributed by atoms with Crippen LogP contribution in [0.4, 0.5) is 0 Å². The highest BCUT2D eigenvalue weighted by atomic mass is 32.2. The summed E-state index contributed by atoms with van der Waals surface area (Å²) in [5, 5.41) is 14.3. The molecule has 7 atom stereocenters. The topological polar surface area (TPSA) is 163 Å². The molecule has 2 aromatic carbocycles. The Morgan fingerprint density at radius 3 is 2.35 bits per heavy atom. The summed E-state index contributed by atoms with van der Waals surface area (Å²) < 4.78 is 51.8. The number of sulfonamides is 1. The van der Waals surface area contributed by atoms with Gasteiger partial charge in [-0.3, -0.25) is 9.36 Å². The predicted octanol–water partition coefficient (Wildman–Crippen LogP) is 1.87. The summed E-state index contributed by atoms with van der Waals surface area (Å²) in [5.74, 6) is 0.715. The van der Waals surface area contributed by atoms with Gasteiger partial charge in [0.2, 0.25) is 15.9 Å². The average Bonchev–Trinajstić information content (AvgIpc) is 3.49. The number of carbonyl (C=O) groups excluding carboxylic acids is 1. The number of nitrogens with one attached hydrogen (secondary N) is 1. The fourth-order valence-electron chi connectivity index (χ4n) is 6.76. The molecule has 13 heteroatoms. The highest BCUT2D eigenvalue weighted by Crippen LogP contribution is 2.52. The van der Waals surface area contributed by atoms with Gasteiger partial charge < -0.3 is 29.7 Å². The monoisotopic (exact) mass is 636 g/mol. The molecule has 0 spiro atoms. The van der Waals surface area contributed by atoms with E-state index in [0.717, 1.165) is 36.2 Å². The van der Waals surface area contributed by atoms with Crippen molar-refractivity contribution in [3.63, 3.8) is 0 Å². The fraction of sp³-hybridized carbons (Fsp3) is 0.567. The molecule has 1 aliphatic carbocycles. The highest BCUT2D eigenvalue weighted by molar-refractivity contribution is 7.89. The molecule has 3 fully saturated rings. The van der Waals surface area contributed by atoms with E-state index >= 15 is 0 Å². The van der Waals surface area contributed by atoms with Gasteiger partial charge in [-0.25, -0.2) is 8.42 Å². The molecule has 5 rings (SSSR count). The molecular weight excluding hydrogens is 595 g/mol. The van der Waals surface area contributed by atoms with E-state index in [1.807, 2.05) is 44.2 Å². The van der Waals surface area contributed by atoms with Crippen molar-refractivity contribution in [2.75, 3.05) is 26.3 Å². The molecule has 3 aliphatic rings. The summed E-state index contributed by atoms with van der Waals surface area (Å²) in [5.41, 5.74) is 0.885. The molecule has 2 aliphatic heterocycles. The Morgan fingerprint density at radius 1 is 1.02 bits per heavy atom. The maximum atomic E-state index is 13.7. The van der Waals surface area contributed by atoms with Gasteiger partial charge in [0.15, 0.2) is 6.29 Å². The number of nitrogens with zero attached hydrogens (tertiary/aromatic N) is 1. The number of aliphatic hydroxyl groups is 1. The largest absolute Gasteiger partial charge is 0.390 e. The molecule has 0 aromatic heterocycles. The lowest BCUT2D eigenvalue weighted by Crippen LogP contribution is -2.51. The van der Waals surface area contributed by atoms with Gasteiger partial charge in [-0.15, -0.1) is 0 Å². The van der Waals surface area contributed by atoms with Gasteiger partial charge in [0.05, 0.1) is 35.6 Å². The summed E-state index contributed by atoms with van der Waals surface area (Å²) >= 11 is 0. The van der Waals surface area contributed by atoms with Crippen LogP contribution in [0.1, 0.15) is 32.3 Å². The molecule has 2 aromatic rings. The number of hydrogen-bond acceptors (Lipinski definition) is 7. The van der Waals surface area contributed by atoms with Crippen LogP contribution < -0.4 is 10.6 Å². The lowest BCUT2D eigenvalue weighted by Gasteiger charge is -2.31. The molecule has 236 valence electrons. The zero-order chi connectivity index (χ0) is 30.9. The molecule has 43 heavy (non-hydrogen) atoms. The minimum Gasteiger partial charge on any atom is -0.390 e. The van der Waals surface area contributed by atoms with Gasteiger partial charge in [-0.05, 0) is 66.3 Å². The van der Waals surface area contributed by atoms with E-state index in [1.165, 1.54) is 4.31 Å². The van der Waals surface area contributed by atoms with E-state index < -0.39 is 29.8 Å². The number of benzene rings is 2. The zero-order valence-electron chi connectivity index (χ0n) is 24.4. The van der Waals surface area contributed by atoms with Crippen LogP contribution in [-0.2, 0) is 35.3 Å². The van der Waals surface area contributed by atoms with Gasteiger partial charge in [-0.1, -0.05) is 44.2 Å². The third-order valence-corrected chi connectivity index (χ3v) is 11.7. The molecule has 11 nitrogen and oxygen atoms in total. The molecule has 1 saturated carbocycles. The van der Waals surface area contributed by atoms with Crippen molar-refractivity contribution >= 4 is 28.8 Å². The summed E-state index contributed by atoms with van der Waals surface area (Å²) in [4.78, 5) is 32.2. The Morgan fingerprint density at radius 2 is 1.70 bits per heavy atom. The molecule has 0 radical (unpaired) electrons. The SMILES string of the molecule is CC(C)CN(CC(O)C(Cc1ccccc1)NC(=O)C[C@H]1C2CO[C@H]3OC[C@@H]1C3C2)S(=O)(=O)c1ccc(P(=O)(O)O)cc1. The number of ether oxygens (including phenoxy) is 2. The van der Waals surface area contributed by atoms with Gasteiger partial charge in [-0.2, -0.15) is 4.31 Å². The third kappa shape index (κ3) is 7.40. The summed E-state index contributed by atoms with van der Waals surface area (Å²) in [6, 6.07) is 13.1. The minimum absolute atomic E-state index is 0.0834. The summed E-state index contributed by atoms with van der Waals surface area (Å²) in [6.45, 7) is 4.68. The second-order valence-electron chi connectivity index (χ2n) is 12.4. The average molecular weight is 637 g/mol. The van der Waals surface area contributed by atoms with Gasteiger partial charge in [0.1, 0.15) is 0 Å². The Labute approximate surface area is 252 Å². The summed E-state index contributed by atoms with van der Waals surface area (Å²) in [7, 11) is -8.69. The van der Waals surface area contributed by atoms with Crippen LogP contribution in [0, 0.1) is 29.6 Å². The number of fused-ring (bicyclic) bond motifs is 1. The number of carbonyl (C=O) groups is 1. The lowest BCUT2D eigenvalue weighted by molar-refractivity contribution is -0.165. The minimum atomic E-state index is -4.54. The highest BCUT2D eigenvalue weighted by Gasteiger charge is 2.54. The predicted molar refractivity (Wildman–Crippen MR) is 159 cm³/mol. The number of rotatable bonds is 13. The molecule has 2 heterocycles. The Hall–Kier alpha value is -2.15.